The number of benzene rings is 1. The third kappa shape index (κ3) is 2.74. The number of para-hydroxylation sites is 1. The minimum atomic E-state index is -0.0935. The summed E-state index contributed by atoms with van der Waals surface area (Å²) in [4.78, 5) is 16.4. The van der Waals surface area contributed by atoms with Crippen LogP contribution in [0, 0.1) is 5.92 Å². The van der Waals surface area contributed by atoms with Crippen molar-refractivity contribution in [2.75, 3.05) is 0 Å². The Morgan fingerprint density at radius 3 is 2.78 bits per heavy atom. The number of carbonyl (C=O) groups excluding carboxylic acids is 1. The molecule has 0 aliphatic carbocycles. The lowest BCUT2D eigenvalue weighted by Crippen LogP contribution is -2.29. The lowest BCUT2D eigenvalue weighted by atomic mass is 9.97. The van der Waals surface area contributed by atoms with Crippen LogP contribution in [-0.2, 0) is 0 Å². The van der Waals surface area contributed by atoms with E-state index in [1.54, 1.807) is 6.20 Å². The van der Waals surface area contributed by atoms with Crippen LogP contribution in [0.5, 0.6) is 0 Å². The van der Waals surface area contributed by atoms with Crippen LogP contribution in [0.2, 0.25) is 0 Å². The predicted molar refractivity (Wildman–Crippen MR) is 73.5 cm³/mol. The van der Waals surface area contributed by atoms with Crippen molar-refractivity contribution in [1.82, 2.24) is 4.98 Å². The van der Waals surface area contributed by atoms with Gasteiger partial charge in [0.2, 0.25) is 0 Å². The second-order valence-electron chi connectivity index (χ2n) is 4.95. The predicted octanol–water partition coefficient (Wildman–Crippen LogP) is 2.79. The summed E-state index contributed by atoms with van der Waals surface area (Å²) in [5.74, 6) is 0.372. The van der Waals surface area contributed by atoms with E-state index in [0.29, 0.717) is 17.9 Å². The molecule has 2 aromatic rings. The average Bonchev–Trinajstić information content (AvgIpc) is 2.37. The molecule has 0 aliphatic rings. The number of Topliss-reactive ketones (excluding diaryl/α,β-unsaturated/α-hetero) is 1. The smallest absolute Gasteiger partial charge is 0.165 e. The van der Waals surface area contributed by atoms with Gasteiger partial charge in [-0.05, 0) is 18.1 Å². The van der Waals surface area contributed by atoms with Crippen molar-refractivity contribution in [1.29, 1.82) is 0 Å². The fourth-order valence-corrected chi connectivity index (χ4v) is 1.79. The molecule has 0 bridgehead atoms. The molecule has 0 amide bonds. The summed E-state index contributed by atoms with van der Waals surface area (Å²) >= 11 is 0. The third-order valence-corrected chi connectivity index (χ3v) is 3.19. The van der Waals surface area contributed by atoms with Crippen LogP contribution in [0.15, 0.2) is 36.5 Å². The quantitative estimate of drug-likeness (QED) is 0.839. The Labute approximate surface area is 107 Å². The average molecular weight is 242 g/mol. The van der Waals surface area contributed by atoms with Crippen molar-refractivity contribution in [3.8, 4) is 0 Å². The highest BCUT2D eigenvalue weighted by Crippen LogP contribution is 2.15. The Morgan fingerprint density at radius 2 is 2.06 bits per heavy atom. The third-order valence-electron chi connectivity index (χ3n) is 3.19. The summed E-state index contributed by atoms with van der Waals surface area (Å²) in [5.41, 5.74) is 7.47. The standard InChI is InChI=1S/C15H18N2O/c1-10(2)13(16)8-15(18)12-7-11-5-3-4-6-14(11)17-9-12/h3-7,9-10,13H,8,16H2,1-2H3. The molecule has 3 nitrogen and oxygen atoms in total. The number of fused-ring (bicyclic) bond motifs is 1. The second-order valence-corrected chi connectivity index (χ2v) is 4.95. The number of pyridine rings is 1. The highest BCUT2D eigenvalue weighted by molar-refractivity contribution is 5.99. The number of ketones is 1. The molecular weight excluding hydrogens is 224 g/mol. The van der Waals surface area contributed by atoms with Gasteiger partial charge in [-0.2, -0.15) is 0 Å². The van der Waals surface area contributed by atoms with Crippen molar-refractivity contribution >= 4 is 16.7 Å². The topological polar surface area (TPSA) is 56.0 Å². The van der Waals surface area contributed by atoms with Gasteiger partial charge >= 0.3 is 0 Å². The van der Waals surface area contributed by atoms with E-state index >= 15 is 0 Å². The lowest BCUT2D eigenvalue weighted by Gasteiger charge is -2.14. The maximum atomic E-state index is 12.1. The van der Waals surface area contributed by atoms with E-state index in [9.17, 15) is 4.79 Å². The monoisotopic (exact) mass is 242 g/mol. The summed E-state index contributed by atoms with van der Waals surface area (Å²) in [7, 11) is 0. The number of hydrogen-bond donors (Lipinski definition) is 1. The van der Waals surface area contributed by atoms with E-state index in [-0.39, 0.29) is 11.8 Å². The van der Waals surface area contributed by atoms with Crippen LogP contribution >= 0.6 is 0 Å². The molecule has 2 N–H and O–H groups in total. The Hall–Kier alpha value is -1.74. The highest BCUT2D eigenvalue weighted by atomic mass is 16.1. The van der Waals surface area contributed by atoms with Gasteiger partial charge < -0.3 is 5.73 Å². The van der Waals surface area contributed by atoms with Gasteiger partial charge in [0.25, 0.3) is 0 Å². The Kier molecular flexibility index (Phi) is 3.72. The van der Waals surface area contributed by atoms with Crippen LogP contribution in [0.4, 0.5) is 0 Å². The molecule has 18 heavy (non-hydrogen) atoms. The summed E-state index contributed by atoms with van der Waals surface area (Å²) < 4.78 is 0. The number of carbonyl (C=O) groups is 1. The molecule has 0 radical (unpaired) electrons. The van der Waals surface area contributed by atoms with Crippen LogP contribution in [0.1, 0.15) is 30.6 Å². The first kappa shape index (κ1) is 12.7. The number of rotatable bonds is 4. The molecule has 1 atom stereocenters. The molecule has 0 spiro atoms. The minimum absolute atomic E-state index is 0.0643. The van der Waals surface area contributed by atoms with Gasteiger partial charge in [-0.3, -0.25) is 9.78 Å². The highest BCUT2D eigenvalue weighted by Gasteiger charge is 2.15. The van der Waals surface area contributed by atoms with Crippen LogP contribution in [-0.4, -0.2) is 16.8 Å². The van der Waals surface area contributed by atoms with Crippen LogP contribution in [0.25, 0.3) is 10.9 Å². The molecule has 1 heterocycles. The molecule has 1 unspecified atom stereocenters. The van der Waals surface area contributed by atoms with Crippen molar-refractivity contribution in [2.24, 2.45) is 11.7 Å². The SMILES string of the molecule is CC(C)C(N)CC(=O)c1cnc2ccccc2c1. The zero-order valence-corrected chi connectivity index (χ0v) is 10.8. The molecule has 1 aromatic carbocycles. The van der Waals surface area contributed by atoms with Gasteiger partial charge in [-0.25, -0.2) is 0 Å². The van der Waals surface area contributed by atoms with Gasteiger partial charge in [-0.15, -0.1) is 0 Å². The zero-order valence-electron chi connectivity index (χ0n) is 10.8. The van der Waals surface area contributed by atoms with E-state index in [2.05, 4.69) is 4.98 Å². The molecule has 0 aliphatic heterocycles. The molecule has 94 valence electrons. The number of hydrogen-bond acceptors (Lipinski definition) is 3. The van der Waals surface area contributed by atoms with Gasteiger partial charge in [-0.1, -0.05) is 32.0 Å². The zero-order chi connectivity index (χ0) is 13.1. The minimum Gasteiger partial charge on any atom is -0.327 e. The summed E-state index contributed by atoms with van der Waals surface area (Å²) in [5, 5.41) is 0.987. The van der Waals surface area contributed by atoms with Gasteiger partial charge in [0.05, 0.1) is 5.52 Å². The lowest BCUT2D eigenvalue weighted by molar-refractivity contribution is 0.0967. The van der Waals surface area contributed by atoms with E-state index in [1.165, 1.54) is 0 Å². The van der Waals surface area contributed by atoms with Gasteiger partial charge in [0, 0.05) is 29.6 Å². The summed E-state index contributed by atoms with van der Waals surface area (Å²) in [6, 6.07) is 9.57. The Balaban J connectivity index is 2.23. The van der Waals surface area contributed by atoms with Crippen molar-refractivity contribution in [3.05, 3.63) is 42.1 Å². The number of nitrogens with two attached hydrogens (primary N) is 1. The molecule has 0 fully saturated rings. The first-order valence-electron chi connectivity index (χ1n) is 6.21. The number of nitrogens with zero attached hydrogens (tertiary/aromatic N) is 1. The van der Waals surface area contributed by atoms with Crippen LogP contribution in [0.3, 0.4) is 0 Å². The van der Waals surface area contributed by atoms with Crippen LogP contribution < -0.4 is 5.73 Å². The summed E-state index contributed by atoms with van der Waals surface area (Å²) in [6.45, 7) is 4.05. The largest absolute Gasteiger partial charge is 0.327 e. The molecule has 1 aromatic heterocycles. The molecule has 0 saturated heterocycles. The Morgan fingerprint density at radius 1 is 1.33 bits per heavy atom. The van der Waals surface area contributed by atoms with Crippen molar-refractivity contribution in [2.45, 2.75) is 26.3 Å². The number of aromatic nitrogens is 1. The van der Waals surface area contributed by atoms with E-state index in [4.69, 9.17) is 5.73 Å². The van der Waals surface area contributed by atoms with Crippen molar-refractivity contribution in [3.63, 3.8) is 0 Å². The first-order valence-corrected chi connectivity index (χ1v) is 6.21. The Bertz CT molecular complexity index is 563. The summed E-state index contributed by atoms with van der Waals surface area (Å²) in [6.07, 6.45) is 2.01. The van der Waals surface area contributed by atoms with E-state index in [1.807, 2.05) is 44.2 Å². The van der Waals surface area contributed by atoms with Gasteiger partial charge in [0.1, 0.15) is 0 Å². The maximum Gasteiger partial charge on any atom is 0.165 e. The first-order chi connectivity index (χ1) is 8.58. The normalized spacial score (nSPS) is 12.9. The van der Waals surface area contributed by atoms with Crippen molar-refractivity contribution < 1.29 is 4.79 Å². The van der Waals surface area contributed by atoms with E-state index in [0.717, 1.165) is 10.9 Å². The molecule has 2 rings (SSSR count). The molecule has 0 saturated carbocycles. The van der Waals surface area contributed by atoms with Gasteiger partial charge in [0.15, 0.2) is 5.78 Å². The molecular formula is C15H18N2O. The fourth-order valence-electron chi connectivity index (χ4n) is 1.79. The molecule has 3 heteroatoms. The fraction of sp³-hybridized carbons (Fsp3) is 0.333. The van der Waals surface area contributed by atoms with E-state index < -0.39 is 0 Å². The maximum absolute atomic E-state index is 12.1. The second kappa shape index (κ2) is 5.27.